The van der Waals surface area contributed by atoms with Crippen molar-refractivity contribution >= 4 is 17.0 Å². The molecule has 0 radical (unpaired) electrons. The fourth-order valence-electron chi connectivity index (χ4n) is 2.56. The number of rotatable bonds is 5. The highest BCUT2D eigenvalue weighted by Gasteiger charge is 2.09. The number of nitrogens with one attached hydrogen (secondary N) is 2. The van der Waals surface area contributed by atoms with Gasteiger partial charge in [0, 0.05) is 25.6 Å². The van der Waals surface area contributed by atoms with Crippen LogP contribution in [0.5, 0.6) is 0 Å². The highest BCUT2D eigenvalue weighted by molar-refractivity contribution is 5.74. The summed E-state index contributed by atoms with van der Waals surface area (Å²) < 4.78 is 7.08. The zero-order valence-electron chi connectivity index (χ0n) is 13.6. The Kier molecular flexibility index (Phi) is 3.77. The van der Waals surface area contributed by atoms with Gasteiger partial charge in [-0.3, -0.25) is 14.5 Å². The highest BCUT2D eigenvalue weighted by atomic mass is 16.3. The molecule has 126 valence electrons. The molecule has 0 atom stereocenters. The zero-order chi connectivity index (χ0) is 17.2. The van der Waals surface area contributed by atoms with Crippen molar-refractivity contribution in [1.29, 1.82) is 0 Å². The van der Waals surface area contributed by atoms with Gasteiger partial charge in [0.25, 0.3) is 5.56 Å². The molecule has 8 nitrogen and oxygen atoms in total. The Morgan fingerprint density at radius 1 is 1.24 bits per heavy atom. The summed E-state index contributed by atoms with van der Waals surface area (Å²) in [6.45, 7) is 0.563. The van der Waals surface area contributed by atoms with Crippen LogP contribution in [0.15, 0.2) is 52.0 Å². The highest BCUT2D eigenvalue weighted by Crippen LogP contribution is 2.18. The molecule has 4 aromatic rings. The van der Waals surface area contributed by atoms with Gasteiger partial charge >= 0.3 is 0 Å². The normalized spacial score (nSPS) is 11.1. The molecule has 0 aliphatic carbocycles. The second kappa shape index (κ2) is 6.23. The summed E-state index contributed by atoms with van der Waals surface area (Å²) >= 11 is 0. The molecule has 0 amide bonds. The van der Waals surface area contributed by atoms with Gasteiger partial charge < -0.3 is 9.73 Å². The van der Waals surface area contributed by atoms with E-state index in [2.05, 4.69) is 25.4 Å². The largest absolute Gasteiger partial charge is 0.444 e. The molecule has 0 fully saturated rings. The lowest BCUT2D eigenvalue weighted by Crippen LogP contribution is -2.15. The number of hydrogen-bond acceptors (Lipinski definition) is 6. The Morgan fingerprint density at radius 2 is 2.08 bits per heavy atom. The standard InChI is InChI=1S/C17H16N6O2/c1-23-14-13(9-19-23)15(24)22-17(21-14)18-8-7-12-10-25-16(20-12)11-5-3-2-4-6-11/h2-6,9-10H,7-8H2,1H3,(H2,18,21,22,24). The fraction of sp³-hybridized carbons (Fsp3) is 0.176. The van der Waals surface area contributed by atoms with E-state index in [4.69, 9.17) is 4.42 Å². The van der Waals surface area contributed by atoms with Crippen LogP contribution in [0, 0.1) is 0 Å². The van der Waals surface area contributed by atoms with Crippen LogP contribution in [0.3, 0.4) is 0 Å². The van der Waals surface area contributed by atoms with E-state index >= 15 is 0 Å². The van der Waals surface area contributed by atoms with Crippen LogP contribution in [-0.4, -0.2) is 31.3 Å². The minimum absolute atomic E-state index is 0.214. The summed E-state index contributed by atoms with van der Waals surface area (Å²) in [5, 5.41) is 7.61. The minimum atomic E-state index is -0.214. The molecule has 0 spiro atoms. The number of fused-ring (bicyclic) bond motifs is 1. The summed E-state index contributed by atoms with van der Waals surface area (Å²) in [4.78, 5) is 23.5. The van der Waals surface area contributed by atoms with Crippen molar-refractivity contribution in [2.45, 2.75) is 6.42 Å². The van der Waals surface area contributed by atoms with E-state index in [1.807, 2.05) is 30.3 Å². The molecule has 8 heteroatoms. The maximum atomic E-state index is 12.0. The summed E-state index contributed by atoms with van der Waals surface area (Å²) in [5.74, 6) is 1.01. The Morgan fingerprint density at radius 3 is 2.92 bits per heavy atom. The lowest BCUT2D eigenvalue weighted by Gasteiger charge is -2.04. The number of H-pyrrole nitrogens is 1. The smallest absolute Gasteiger partial charge is 0.263 e. The van der Waals surface area contributed by atoms with Crippen LogP contribution in [0.1, 0.15) is 5.69 Å². The third kappa shape index (κ3) is 3.01. The predicted octanol–water partition coefficient (Wildman–Crippen LogP) is 1.97. The first-order valence-corrected chi connectivity index (χ1v) is 7.86. The molecular weight excluding hydrogens is 320 g/mol. The molecule has 0 aliphatic heterocycles. The number of aromatic nitrogens is 5. The average Bonchev–Trinajstić information content (AvgIpc) is 3.24. The molecular formula is C17H16N6O2. The maximum absolute atomic E-state index is 12.0. The van der Waals surface area contributed by atoms with Crippen molar-refractivity contribution in [3.63, 3.8) is 0 Å². The van der Waals surface area contributed by atoms with Crippen LogP contribution in [0.25, 0.3) is 22.5 Å². The van der Waals surface area contributed by atoms with E-state index in [1.54, 1.807) is 18.0 Å². The first-order valence-electron chi connectivity index (χ1n) is 7.86. The first kappa shape index (κ1) is 15.1. The molecule has 4 rings (SSSR count). The van der Waals surface area contributed by atoms with Crippen molar-refractivity contribution < 1.29 is 4.42 Å². The van der Waals surface area contributed by atoms with Crippen LogP contribution in [0.4, 0.5) is 5.95 Å². The Balaban J connectivity index is 1.44. The lowest BCUT2D eigenvalue weighted by atomic mass is 10.2. The van der Waals surface area contributed by atoms with E-state index < -0.39 is 0 Å². The second-order valence-corrected chi connectivity index (χ2v) is 5.61. The summed E-state index contributed by atoms with van der Waals surface area (Å²) in [7, 11) is 1.75. The Bertz CT molecular complexity index is 1060. The van der Waals surface area contributed by atoms with Gasteiger partial charge in [0.15, 0.2) is 5.65 Å². The molecule has 2 N–H and O–H groups in total. The number of aryl methyl sites for hydroxylation is 1. The van der Waals surface area contributed by atoms with Gasteiger partial charge in [0.2, 0.25) is 11.8 Å². The van der Waals surface area contributed by atoms with Crippen molar-refractivity contribution in [3.8, 4) is 11.5 Å². The Hall–Kier alpha value is -3.42. The second-order valence-electron chi connectivity index (χ2n) is 5.61. The van der Waals surface area contributed by atoms with E-state index in [9.17, 15) is 4.79 Å². The topological polar surface area (TPSA) is 102 Å². The van der Waals surface area contributed by atoms with Gasteiger partial charge in [-0.05, 0) is 12.1 Å². The number of nitrogens with zero attached hydrogens (tertiary/aromatic N) is 4. The minimum Gasteiger partial charge on any atom is -0.444 e. The molecule has 1 aromatic carbocycles. The molecule has 3 aromatic heterocycles. The van der Waals surface area contributed by atoms with Gasteiger partial charge in [0.05, 0.1) is 11.9 Å². The average molecular weight is 336 g/mol. The van der Waals surface area contributed by atoms with Crippen molar-refractivity contribution in [1.82, 2.24) is 24.7 Å². The number of hydrogen-bond donors (Lipinski definition) is 2. The van der Waals surface area contributed by atoms with Crippen LogP contribution in [-0.2, 0) is 13.5 Å². The van der Waals surface area contributed by atoms with E-state index in [1.165, 1.54) is 6.20 Å². The third-order valence-corrected chi connectivity index (χ3v) is 3.85. The zero-order valence-corrected chi connectivity index (χ0v) is 13.6. The predicted molar refractivity (Wildman–Crippen MR) is 93.3 cm³/mol. The monoisotopic (exact) mass is 336 g/mol. The van der Waals surface area contributed by atoms with Crippen molar-refractivity contribution in [3.05, 3.63) is 58.8 Å². The lowest BCUT2D eigenvalue weighted by molar-refractivity contribution is 0.572. The molecule has 0 saturated carbocycles. The van der Waals surface area contributed by atoms with Gasteiger partial charge in [0.1, 0.15) is 11.6 Å². The Labute approximate surface area is 142 Å². The number of anilines is 1. The van der Waals surface area contributed by atoms with Crippen molar-refractivity contribution in [2.75, 3.05) is 11.9 Å². The van der Waals surface area contributed by atoms with Crippen molar-refractivity contribution in [2.24, 2.45) is 7.05 Å². The summed E-state index contributed by atoms with van der Waals surface area (Å²) in [6.07, 6.45) is 3.79. The number of oxazole rings is 1. The van der Waals surface area contributed by atoms with Crippen LogP contribution < -0.4 is 10.9 Å². The summed E-state index contributed by atoms with van der Waals surface area (Å²) in [6, 6.07) is 9.73. The molecule has 3 heterocycles. The molecule has 0 bridgehead atoms. The molecule has 25 heavy (non-hydrogen) atoms. The van der Waals surface area contributed by atoms with Gasteiger partial charge in [-0.1, -0.05) is 18.2 Å². The SMILES string of the molecule is Cn1ncc2c(=O)[nH]c(NCCc3coc(-c4ccccc4)n3)nc21. The van der Waals surface area contributed by atoms with E-state index in [0.29, 0.717) is 35.8 Å². The maximum Gasteiger partial charge on any atom is 0.263 e. The van der Waals surface area contributed by atoms with E-state index in [0.717, 1.165) is 11.3 Å². The van der Waals surface area contributed by atoms with Gasteiger partial charge in [-0.2, -0.15) is 10.1 Å². The van der Waals surface area contributed by atoms with Gasteiger partial charge in [-0.25, -0.2) is 4.98 Å². The molecule has 0 saturated heterocycles. The molecule has 0 unspecified atom stereocenters. The van der Waals surface area contributed by atoms with Gasteiger partial charge in [-0.15, -0.1) is 0 Å². The number of aromatic amines is 1. The third-order valence-electron chi connectivity index (χ3n) is 3.85. The van der Waals surface area contributed by atoms with Crippen LogP contribution in [0.2, 0.25) is 0 Å². The first-order chi connectivity index (χ1) is 12.2. The fourth-order valence-corrected chi connectivity index (χ4v) is 2.56. The molecule has 0 aliphatic rings. The summed E-state index contributed by atoms with van der Waals surface area (Å²) in [5.41, 5.74) is 2.09. The number of benzene rings is 1. The van der Waals surface area contributed by atoms with E-state index in [-0.39, 0.29) is 5.56 Å². The quantitative estimate of drug-likeness (QED) is 0.578. The van der Waals surface area contributed by atoms with Crippen LogP contribution >= 0.6 is 0 Å².